The molecule has 0 spiro atoms. The molecular formula is C12H26N2S. The first-order chi connectivity index (χ1) is 6.98. The molecule has 0 aromatic carbocycles. The standard InChI is InChI=1S/C12H26N2S/c1-5-11-8-14(7-6-13(11)4)9-12(2,3)10-15/h11,15H,5-10H2,1-4H3. The summed E-state index contributed by atoms with van der Waals surface area (Å²) < 4.78 is 0. The van der Waals surface area contributed by atoms with Gasteiger partial charge in [0, 0.05) is 32.2 Å². The minimum atomic E-state index is 0.345. The van der Waals surface area contributed by atoms with Crippen LogP contribution >= 0.6 is 12.6 Å². The van der Waals surface area contributed by atoms with Crippen molar-refractivity contribution in [3.63, 3.8) is 0 Å². The first-order valence-electron chi connectivity index (χ1n) is 6.02. The Kier molecular flexibility index (Phi) is 4.94. The van der Waals surface area contributed by atoms with Crippen molar-refractivity contribution in [1.29, 1.82) is 0 Å². The van der Waals surface area contributed by atoms with Crippen LogP contribution in [0, 0.1) is 5.41 Å². The van der Waals surface area contributed by atoms with Crippen molar-refractivity contribution in [2.45, 2.75) is 33.2 Å². The quantitative estimate of drug-likeness (QED) is 0.738. The van der Waals surface area contributed by atoms with Gasteiger partial charge in [0.25, 0.3) is 0 Å². The third-order valence-corrected chi connectivity index (χ3v) is 4.27. The van der Waals surface area contributed by atoms with Gasteiger partial charge in [-0.15, -0.1) is 0 Å². The summed E-state index contributed by atoms with van der Waals surface area (Å²) in [5, 5.41) is 0. The predicted molar refractivity (Wildman–Crippen MR) is 70.8 cm³/mol. The van der Waals surface area contributed by atoms with E-state index in [0.29, 0.717) is 5.41 Å². The van der Waals surface area contributed by atoms with Crippen LogP contribution < -0.4 is 0 Å². The number of nitrogens with zero attached hydrogens (tertiary/aromatic N) is 2. The molecule has 1 unspecified atom stereocenters. The van der Waals surface area contributed by atoms with Crippen LogP contribution in [-0.4, -0.2) is 54.8 Å². The molecule has 0 bridgehead atoms. The first kappa shape index (κ1) is 13.3. The Morgan fingerprint density at radius 1 is 1.33 bits per heavy atom. The van der Waals surface area contributed by atoms with Crippen LogP contribution in [0.4, 0.5) is 0 Å². The van der Waals surface area contributed by atoms with Gasteiger partial charge in [0.15, 0.2) is 0 Å². The fourth-order valence-electron chi connectivity index (χ4n) is 2.25. The van der Waals surface area contributed by atoms with Crippen molar-refractivity contribution in [2.24, 2.45) is 5.41 Å². The molecule has 90 valence electrons. The van der Waals surface area contributed by atoms with Gasteiger partial charge in [-0.2, -0.15) is 12.6 Å². The molecule has 0 amide bonds. The molecule has 2 nitrogen and oxygen atoms in total. The van der Waals surface area contributed by atoms with Gasteiger partial charge in [0.1, 0.15) is 0 Å². The topological polar surface area (TPSA) is 6.48 Å². The maximum absolute atomic E-state index is 4.43. The molecule has 1 saturated heterocycles. The smallest absolute Gasteiger partial charge is 0.0218 e. The maximum atomic E-state index is 4.43. The largest absolute Gasteiger partial charge is 0.301 e. The zero-order chi connectivity index (χ0) is 11.5. The van der Waals surface area contributed by atoms with Crippen molar-refractivity contribution in [1.82, 2.24) is 9.80 Å². The van der Waals surface area contributed by atoms with E-state index in [2.05, 4.69) is 50.2 Å². The summed E-state index contributed by atoms with van der Waals surface area (Å²) >= 11 is 4.43. The highest BCUT2D eigenvalue weighted by atomic mass is 32.1. The van der Waals surface area contributed by atoms with Gasteiger partial charge in [-0.05, 0) is 24.6 Å². The van der Waals surface area contributed by atoms with E-state index in [0.717, 1.165) is 11.8 Å². The highest BCUT2D eigenvalue weighted by molar-refractivity contribution is 7.80. The van der Waals surface area contributed by atoms with Crippen molar-refractivity contribution < 1.29 is 0 Å². The first-order valence-corrected chi connectivity index (χ1v) is 6.65. The van der Waals surface area contributed by atoms with Crippen molar-refractivity contribution in [2.75, 3.05) is 39.0 Å². The maximum Gasteiger partial charge on any atom is 0.0218 e. The molecule has 0 radical (unpaired) electrons. The molecule has 0 aromatic rings. The average molecular weight is 230 g/mol. The highest BCUT2D eigenvalue weighted by Gasteiger charge is 2.27. The Morgan fingerprint density at radius 3 is 2.53 bits per heavy atom. The number of hydrogen-bond acceptors (Lipinski definition) is 3. The lowest BCUT2D eigenvalue weighted by atomic mass is 9.94. The van der Waals surface area contributed by atoms with Gasteiger partial charge in [0.2, 0.25) is 0 Å². The van der Waals surface area contributed by atoms with E-state index in [1.54, 1.807) is 0 Å². The van der Waals surface area contributed by atoms with E-state index in [1.807, 2.05) is 0 Å². The predicted octanol–water partition coefficient (Wildman–Crippen LogP) is 1.97. The van der Waals surface area contributed by atoms with E-state index >= 15 is 0 Å². The fraction of sp³-hybridized carbons (Fsp3) is 1.00. The third kappa shape index (κ3) is 3.97. The SMILES string of the molecule is CCC1CN(CC(C)(C)CS)CCN1C. The summed E-state index contributed by atoms with van der Waals surface area (Å²) in [6.45, 7) is 11.7. The molecule has 1 fully saturated rings. The van der Waals surface area contributed by atoms with Gasteiger partial charge in [-0.3, -0.25) is 4.90 Å². The van der Waals surface area contributed by atoms with Crippen LogP contribution in [0.15, 0.2) is 0 Å². The molecule has 15 heavy (non-hydrogen) atoms. The second-order valence-electron chi connectivity index (χ2n) is 5.60. The summed E-state index contributed by atoms with van der Waals surface area (Å²) in [6.07, 6.45) is 1.26. The summed E-state index contributed by atoms with van der Waals surface area (Å²) in [6, 6.07) is 0.745. The Labute approximate surface area is 100 Å². The highest BCUT2D eigenvalue weighted by Crippen LogP contribution is 2.21. The van der Waals surface area contributed by atoms with E-state index in [1.165, 1.54) is 32.6 Å². The number of hydrogen-bond donors (Lipinski definition) is 1. The van der Waals surface area contributed by atoms with Crippen molar-refractivity contribution in [3.05, 3.63) is 0 Å². The minimum Gasteiger partial charge on any atom is -0.301 e. The monoisotopic (exact) mass is 230 g/mol. The molecular weight excluding hydrogens is 204 g/mol. The van der Waals surface area contributed by atoms with Crippen LogP contribution in [0.5, 0.6) is 0 Å². The molecule has 1 atom stereocenters. The summed E-state index contributed by atoms with van der Waals surface area (Å²) in [5.74, 6) is 0.968. The van der Waals surface area contributed by atoms with Crippen LogP contribution in [0.1, 0.15) is 27.2 Å². The van der Waals surface area contributed by atoms with Gasteiger partial charge in [0.05, 0.1) is 0 Å². The minimum absolute atomic E-state index is 0.345. The lowest BCUT2D eigenvalue weighted by Gasteiger charge is -2.42. The van der Waals surface area contributed by atoms with Gasteiger partial charge in [-0.25, -0.2) is 0 Å². The van der Waals surface area contributed by atoms with E-state index < -0.39 is 0 Å². The van der Waals surface area contributed by atoms with Crippen LogP contribution in [0.2, 0.25) is 0 Å². The number of piperazine rings is 1. The van der Waals surface area contributed by atoms with Gasteiger partial charge < -0.3 is 4.90 Å². The molecule has 0 saturated carbocycles. The molecule has 1 aliphatic heterocycles. The summed E-state index contributed by atoms with van der Waals surface area (Å²) in [7, 11) is 2.25. The molecule has 0 N–H and O–H groups in total. The van der Waals surface area contributed by atoms with Crippen LogP contribution in [-0.2, 0) is 0 Å². The Morgan fingerprint density at radius 2 is 2.00 bits per heavy atom. The molecule has 3 heteroatoms. The second-order valence-corrected chi connectivity index (χ2v) is 5.92. The lowest BCUT2D eigenvalue weighted by molar-refractivity contribution is 0.0710. The summed E-state index contributed by atoms with van der Waals surface area (Å²) in [5.41, 5.74) is 0.345. The van der Waals surface area contributed by atoms with Gasteiger partial charge >= 0.3 is 0 Å². The average Bonchev–Trinajstić information content (AvgIpc) is 2.20. The number of rotatable bonds is 4. The van der Waals surface area contributed by atoms with Crippen LogP contribution in [0.25, 0.3) is 0 Å². The Hall–Kier alpha value is 0.270. The molecule has 1 heterocycles. The van der Waals surface area contributed by atoms with E-state index in [-0.39, 0.29) is 0 Å². The molecule has 0 aliphatic carbocycles. The van der Waals surface area contributed by atoms with Gasteiger partial charge in [-0.1, -0.05) is 20.8 Å². The van der Waals surface area contributed by atoms with E-state index in [4.69, 9.17) is 0 Å². The zero-order valence-corrected chi connectivity index (χ0v) is 11.6. The third-order valence-electron chi connectivity index (χ3n) is 3.41. The molecule has 1 rings (SSSR count). The van der Waals surface area contributed by atoms with Crippen molar-refractivity contribution in [3.8, 4) is 0 Å². The normalized spacial score (nSPS) is 25.8. The van der Waals surface area contributed by atoms with Crippen LogP contribution in [0.3, 0.4) is 0 Å². The number of likely N-dealkylation sites (N-methyl/N-ethyl adjacent to an activating group) is 1. The Balaban J connectivity index is 2.45. The molecule has 0 aromatic heterocycles. The van der Waals surface area contributed by atoms with E-state index in [9.17, 15) is 0 Å². The second kappa shape index (κ2) is 5.55. The van der Waals surface area contributed by atoms with Crippen molar-refractivity contribution >= 4 is 12.6 Å². The summed E-state index contributed by atoms with van der Waals surface area (Å²) in [4.78, 5) is 5.09. The molecule has 1 aliphatic rings. The Bertz CT molecular complexity index is 194. The zero-order valence-electron chi connectivity index (χ0n) is 10.7. The fourth-order valence-corrected chi connectivity index (χ4v) is 2.35. The number of thiol groups is 1. The lowest BCUT2D eigenvalue weighted by Crippen LogP contribution is -2.53.